The standard InChI is InChI=1S/C21H21N3O5S/c1-15-6-4-5-7-21(15)24(17-8-10-22-11-9-17)30(26,27)20-13-18(28-3)12-19(14-20)29-23-16(2)25/h4-14H,1-3H3,(H,23,25). The summed E-state index contributed by atoms with van der Waals surface area (Å²) in [5.41, 5.74) is 3.87. The number of methoxy groups -OCH3 is 1. The molecule has 0 bridgehead atoms. The van der Waals surface area contributed by atoms with Crippen molar-refractivity contribution in [3.05, 3.63) is 72.6 Å². The van der Waals surface area contributed by atoms with Gasteiger partial charge in [0, 0.05) is 37.5 Å². The molecule has 8 nitrogen and oxygen atoms in total. The van der Waals surface area contributed by atoms with Crippen molar-refractivity contribution in [1.29, 1.82) is 0 Å². The Bertz CT molecular complexity index is 1150. The van der Waals surface area contributed by atoms with E-state index >= 15 is 0 Å². The van der Waals surface area contributed by atoms with Crippen LogP contribution in [0.5, 0.6) is 11.5 Å². The van der Waals surface area contributed by atoms with Crippen LogP contribution in [0.4, 0.5) is 11.4 Å². The van der Waals surface area contributed by atoms with Gasteiger partial charge in [-0.2, -0.15) is 5.48 Å². The van der Waals surface area contributed by atoms with E-state index in [9.17, 15) is 13.2 Å². The van der Waals surface area contributed by atoms with Gasteiger partial charge in [0.05, 0.1) is 23.4 Å². The fraction of sp³-hybridized carbons (Fsp3) is 0.143. The first kappa shape index (κ1) is 21.1. The number of benzene rings is 2. The van der Waals surface area contributed by atoms with Crippen molar-refractivity contribution in [3.8, 4) is 11.5 Å². The second kappa shape index (κ2) is 8.83. The molecule has 1 N–H and O–H groups in total. The molecule has 0 aliphatic rings. The Kier molecular flexibility index (Phi) is 6.22. The Hall–Kier alpha value is -3.59. The maximum absolute atomic E-state index is 13.8. The average molecular weight is 427 g/mol. The number of rotatable bonds is 7. The third-order valence-corrected chi connectivity index (χ3v) is 5.89. The van der Waals surface area contributed by atoms with Crippen molar-refractivity contribution in [2.45, 2.75) is 18.7 Å². The molecule has 0 fully saturated rings. The fourth-order valence-electron chi connectivity index (χ4n) is 2.79. The molecule has 3 rings (SSSR count). The highest BCUT2D eigenvalue weighted by molar-refractivity contribution is 7.93. The summed E-state index contributed by atoms with van der Waals surface area (Å²) in [4.78, 5) is 20.3. The maximum Gasteiger partial charge on any atom is 0.268 e. The number of nitrogens with zero attached hydrogens (tertiary/aromatic N) is 2. The summed E-state index contributed by atoms with van der Waals surface area (Å²) >= 11 is 0. The fourth-order valence-corrected chi connectivity index (χ4v) is 4.39. The number of anilines is 2. The molecule has 156 valence electrons. The van der Waals surface area contributed by atoms with Gasteiger partial charge in [-0.1, -0.05) is 18.2 Å². The number of carbonyl (C=O) groups excluding carboxylic acids is 1. The van der Waals surface area contributed by atoms with Gasteiger partial charge in [0.2, 0.25) is 5.91 Å². The molecule has 0 aliphatic heterocycles. The maximum atomic E-state index is 13.8. The summed E-state index contributed by atoms with van der Waals surface area (Å²) in [6, 6.07) is 14.6. The molecule has 0 saturated carbocycles. The normalized spacial score (nSPS) is 10.9. The van der Waals surface area contributed by atoms with Crippen LogP contribution in [0, 0.1) is 6.92 Å². The van der Waals surface area contributed by atoms with E-state index in [4.69, 9.17) is 9.57 Å². The van der Waals surface area contributed by atoms with Crippen LogP contribution < -0.4 is 19.4 Å². The summed E-state index contributed by atoms with van der Waals surface area (Å²) in [6.45, 7) is 3.11. The predicted molar refractivity (Wildman–Crippen MR) is 112 cm³/mol. The molecule has 1 aromatic heterocycles. The van der Waals surface area contributed by atoms with E-state index in [1.165, 1.54) is 48.9 Å². The third kappa shape index (κ3) is 4.52. The van der Waals surface area contributed by atoms with Crippen LogP contribution in [0.3, 0.4) is 0 Å². The first-order valence-electron chi connectivity index (χ1n) is 8.96. The smallest absolute Gasteiger partial charge is 0.268 e. The number of para-hydroxylation sites is 1. The Balaban J connectivity index is 2.17. The van der Waals surface area contributed by atoms with E-state index in [1.54, 1.807) is 24.3 Å². The molecular weight excluding hydrogens is 406 g/mol. The zero-order valence-electron chi connectivity index (χ0n) is 16.7. The van der Waals surface area contributed by atoms with Gasteiger partial charge in [0.15, 0.2) is 5.75 Å². The number of hydroxylamine groups is 1. The first-order chi connectivity index (χ1) is 14.3. The third-order valence-electron chi connectivity index (χ3n) is 4.17. The Labute approximate surface area is 175 Å². The van der Waals surface area contributed by atoms with Gasteiger partial charge < -0.3 is 9.57 Å². The van der Waals surface area contributed by atoms with Crippen molar-refractivity contribution in [2.75, 3.05) is 11.4 Å². The molecule has 0 radical (unpaired) electrons. The first-order valence-corrected chi connectivity index (χ1v) is 10.4. The topological polar surface area (TPSA) is 97.8 Å². The molecular formula is C21H21N3O5S. The lowest BCUT2D eigenvalue weighted by atomic mass is 10.2. The molecule has 1 heterocycles. The number of carbonyl (C=O) groups is 1. The number of hydrogen-bond donors (Lipinski definition) is 1. The molecule has 0 saturated heterocycles. The molecule has 0 atom stereocenters. The second-order valence-electron chi connectivity index (χ2n) is 6.37. The molecule has 0 aliphatic carbocycles. The number of sulfonamides is 1. The lowest BCUT2D eigenvalue weighted by Gasteiger charge is -2.26. The molecule has 3 aromatic rings. The highest BCUT2D eigenvalue weighted by Gasteiger charge is 2.29. The summed E-state index contributed by atoms with van der Waals surface area (Å²) in [5.74, 6) is -0.0565. The predicted octanol–water partition coefficient (Wildman–Crippen LogP) is 3.36. The summed E-state index contributed by atoms with van der Waals surface area (Å²) in [7, 11) is -2.68. The minimum Gasteiger partial charge on any atom is -0.497 e. The van der Waals surface area contributed by atoms with Crippen LogP contribution in [0.2, 0.25) is 0 Å². The Morgan fingerprint density at radius 2 is 1.70 bits per heavy atom. The van der Waals surface area contributed by atoms with Crippen molar-refractivity contribution in [2.24, 2.45) is 0 Å². The number of ether oxygens (including phenoxy) is 1. The van der Waals surface area contributed by atoms with Gasteiger partial charge in [-0.15, -0.1) is 0 Å². The minimum absolute atomic E-state index is 0.0673. The van der Waals surface area contributed by atoms with E-state index < -0.39 is 15.9 Å². The number of aryl methyl sites for hydroxylation is 1. The van der Waals surface area contributed by atoms with E-state index in [-0.39, 0.29) is 16.4 Å². The Morgan fingerprint density at radius 3 is 2.33 bits per heavy atom. The van der Waals surface area contributed by atoms with Gasteiger partial charge in [-0.05, 0) is 30.7 Å². The number of hydrogen-bond acceptors (Lipinski definition) is 6. The number of nitrogens with one attached hydrogen (secondary N) is 1. The highest BCUT2D eigenvalue weighted by atomic mass is 32.2. The summed E-state index contributed by atoms with van der Waals surface area (Å²) in [6.07, 6.45) is 3.04. The van der Waals surface area contributed by atoms with Gasteiger partial charge in [-0.25, -0.2) is 12.7 Å². The largest absolute Gasteiger partial charge is 0.497 e. The summed E-state index contributed by atoms with van der Waals surface area (Å²) in [5, 5.41) is 0. The van der Waals surface area contributed by atoms with Crippen LogP contribution in [-0.4, -0.2) is 26.4 Å². The van der Waals surface area contributed by atoms with Gasteiger partial charge >= 0.3 is 0 Å². The van der Waals surface area contributed by atoms with Crippen LogP contribution in [0.1, 0.15) is 12.5 Å². The number of aromatic nitrogens is 1. The highest BCUT2D eigenvalue weighted by Crippen LogP contribution is 2.36. The van der Waals surface area contributed by atoms with Crippen LogP contribution in [0.25, 0.3) is 0 Å². The minimum atomic E-state index is -4.09. The van der Waals surface area contributed by atoms with Gasteiger partial charge in [0.25, 0.3) is 10.0 Å². The summed E-state index contributed by atoms with van der Waals surface area (Å²) < 4.78 is 34.0. The van der Waals surface area contributed by atoms with Crippen LogP contribution in [-0.2, 0) is 14.8 Å². The monoisotopic (exact) mass is 427 g/mol. The van der Waals surface area contributed by atoms with Crippen LogP contribution >= 0.6 is 0 Å². The number of amides is 1. The Morgan fingerprint density at radius 1 is 1.03 bits per heavy atom. The lowest BCUT2D eigenvalue weighted by molar-refractivity contribution is -0.125. The lowest BCUT2D eigenvalue weighted by Crippen LogP contribution is -2.27. The molecule has 30 heavy (non-hydrogen) atoms. The van der Waals surface area contributed by atoms with Crippen molar-refractivity contribution in [3.63, 3.8) is 0 Å². The van der Waals surface area contributed by atoms with E-state index in [1.807, 2.05) is 19.1 Å². The molecule has 0 spiro atoms. The van der Waals surface area contributed by atoms with E-state index in [2.05, 4.69) is 10.5 Å². The van der Waals surface area contributed by atoms with Crippen molar-refractivity contribution < 1.29 is 22.8 Å². The van der Waals surface area contributed by atoms with Crippen LogP contribution in [0.15, 0.2) is 71.9 Å². The SMILES string of the molecule is COc1cc(ONC(C)=O)cc(S(=O)(=O)N(c2ccncc2)c2ccccc2C)c1. The molecule has 1 amide bonds. The van der Waals surface area contributed by atoms with Gasteiger partial charge in [-0.3, -0.25) is 9.78 Å². The van der Waals surface area contributed by atoms with Crippen molar-refractivity contribution >= 4 is 27.3 Å². The molecule has 9 heteroatoms. The second-order valence-corrected chi connectivity index (χ2v) is 8.15. The zero-order valence-corrected chi connectivity index (χ0v) is 17.5. The zero-order chi connectivity index (χ0) is 21.7. The molecule has 2 aromatic carbocycles. The van der Waals surface area contributed by atoms with Crippen molar-refractivity contribution in [1.82, 2.24) is 10.5 Å². The van der Waals surface area contributed by atoms with E-state index in [0.29, 0.717) is 11.4 Å². The van der Waals surface area contributed by atoms with E-state index in [0.717, 1.165) is 5.56 Å². The quantitative estimate of drug-likeness (QED) is 0.581. The molecule has 0 unspecified atom stereocenters. The van der Waals surface area contributed by atoms with Gasteiger partial charge in [0.1, 0.15) is 5.75 Å². The average Bonchev–Trinajstić information content (AvgIpc) is 2.74. The number of pyridine rings is 1.